The molecule has 5 nitrogen and oxygen atoms in total. The van der Waals surface area contributed by atoms with Crippen LogP contribution in [0.25, 0.3) is 0 Å². The molecule has 2 rings (SSSR count). The van der Waals surface area contributed by atoms with E-state index in [0.717, 1.165) is 5.56 Å². The van der Waals surface area contributed by atoms with Crippen LogP contribution in [0.2, 0.25) is 0 Å². The lowest BCUT2D eigenvalue weighted by molar-refractivity contribution is 0.176. The Bertz CT molecular complexity index is 391. The van der Waals surface area contributed by atoms with Gasteiger partial charge in [0.05, 0.1) is 6.04 Å². The lowest BCUT2D eigenvalue weighted by Crippen LogP contribution is -2.41. The van der Waals surface area contributed by atoms with Gasteiger partial charge < -0.3 is 20.3 Å². The number of amides is 1. The molecule has 3 N–H and O–H groups in total. The fraction of sp³-hybridized carbons (Fsp3) is 0.300. The van der Waals surface area contributed by atoms with Crippen molar-refractivity contribution in [2.75, 3.05) is 6.61 Å². The number of aromatic hydroxyl groups is 1. The molecule has 1 atom stereocenters. The molecule has 1 amide bonds. The summed E-state index contributed by atoms with van der Waals surface area (Å²) in [6.45, 7) is 0.294. The Morgan fingerprint density at radius 2 is 2.33 bits per heavy atom. The smallest absolute Gasteiger partial charge is 0.405 e. The highest BCUT2D eigenvalue weighted by Gasteiger charge is 2.21. The van der Waals surface area contributed by atoms with Crippen molar-refractivity contribution in [1.29, 1.82) is 0 Å². The second kappa shape index (κ2) is 3.68. The number of carboxylic acid groups (broad SMARTS) is 1. The molecule has 5 heteroatoms. The molecule has 1 unspecified atom stereocenters. The van der Waals surface area contributed by atoms with E-state index in [1.165, 1.54) is 6.07 Å². The second-order valence-electron chi connectivity index (χ2n) is 3.45. The van der Waals surface area contributed by atoms with E-state index in [9.17, 15) is 9.90 Å². The van der Waals surface area contributed by atoms with Crippen LogP contribution in [0.4, 0.5) is 4.79 Å². The van der Waals surface area contributed by atoms with Gasteiger partial charge in [-0.05, 0) is 18.1 Å². The summed E-state index contributed by atoms with van der Waals surface area (Å²) in [5.41, 5.74) is 0.901. The molecule has 0 aliphatic carbocycles. The lowest BCUT2D eigenvalue weighted by atomic mass is 10.0. The van der Waals surface area contributed by atoms with E-state index in [0.29, 0.717) is 18.8 Å². The van der Waals surface area contributed by atoms with Crippen LogP contribution in [-0.2, 0) is 6.42 Å². The number of hydrogen-bond acceptors (Lipinski definition) is 3. The van der Waals surface area contributed by atoms with Crippen LogP contribution in [0.1, 0.15) is 5.56 Å². The fourth-order valence-corrected chi connectivity index (χ4v) is 1.63. The molecule has 0 saturated carbocycles. The van der Waals surface area contributed by atoms with Crippen LogP contribution < -0.4 is 10.1 Å². The van der Waals surface area contributed by atoms with Gasteiger partial charge in [0.2, 0.25) is 0 Å². The molecule has 1 aliphatic heterocycles. The van der Waals surface area contributed by atoms with Gasteiger partial charge in [-0.2, -0.15) is 0 Å². The number of fused-ring (bicyclic) bond motifs is 1. The van der Waals surface area contributed by atoms with E-state index in [4.69, 9.17) is 9.84 Å². The van der Waals surface area contributed by atoms with Crippen molar-refractivity contribution in [3.8, 4) is 11.5 Å². The first kappa shape index (κ1) is 9.64. The third kappa shape index (κ3) is 2.12. The number of phenolic OH excluding ortho intramolecular Hbond substituents is 1. The molecule has 0 bridgehead atoms. The van der Waals surface area contributed by atoms with Gasteiger partial charge in [0, 0.05) is 6.07 Å². The molecule has 1 aromatic carbocycles. The monoisotopic (exact) mass is 209 g/mol. The van der Waals surface area contributed by atoms with Crippen LogP contribution in [0.3, 0.4) is 0 Å². The number of carbonyl (C=O) groups is 1. The standard InChI is InChI=1S/C10H11NO4/c12-8-2-1-6-3-7(11-10(13)14)5-15-9(6)4-8/h1-2,4,7,11-12H,3,5H2,(H,13,14). The van der Waals surface area contributed by atoms with Gasteiger partial charge in [-0.3, -0.25) is 0 Å². The molecule has 15 heavy (non-hydrogen) atoms. The highest BCUT2D eigenvalue weighted by molar-refractivity contribution is 5.65. The number of hydrogen-bond donors (Lipinski definition) is 3. The maximum Gasteiger partial charge on any atom is 0.405 e. The number of benzene rings is 1. The minimum atomic E-state index is -1.05. The average Bonchev–Trinajstić information content (AvgIpc) is 2.17. The van der Waals surface area contributed by atoms with Crippen molar-refractivity contribution >= 4 is 6.09 Å². The Balaban J connectivity index is 2.13. The summed E-state index contributed by atoms with van der Waals surface area (Å²) < 4.78 is 5.33. The van der Waals surface area contributed by atoms with Gasteiger partial charge in [0.15, 0.2) is 0 Å². The fourth-order valence-electron chi connectivity index (χ4n) is 1.63. The van der Waals surface area contributed by atoms with E-state index in [2.05, 4.69) is 5.32 Å². The molecule has 0 radical (unpaired) electrons. The molecular formula is C10H11NO4. The predicted molar refractivity (Wildman–Crippen MR) is 52.3 cm³/mol. The Morgan fingerprint density at radius 3 is 3.07 bits per heavy atom. The van der Waals surface area contributed by atoms with Crippen LogP contribution >= 0.6 is 0 Å². The maximum absolute atomic E-state index is 10.4. The summed E-state index contributed by atoms with van der Waals surface area (Å²) >= 11 is 0. The SMILES string of the molecule is O=C(O)NC1COc2cc(O)ccc2C1. The van der Waals surface area contributed by atoms with E-state index in [1.54, 1.807) is 12.1 Å². The zero-order chi connectivity index (χ0) is 10.8. The molecule has 1 aliphatic rings. The quantitative estimate of drug-likeness (QED) is 0.643. The van der Waals surface area contributed by atoms with Gasteiger partial charge in [-0.15, -0.1) is 0 Å². The Hall–Kier alpha value is -1.91. The molecule has 0 spiro atoms. The summed E-state index contributed by atoms with van der Waals surface area (Å²) in [7, 11) is 0. The number of phenols is 1. The summed E-state index contributed by atoms with van der Waals surface area (Å²) in [5.74, 6) is 0.775. The van der Waals surface area contributed by atoms with Crippen molar-refractivity contribution in [2.45, 2.75) is 12.5 Å². The predicted octanol–water partition coefficient (Wildman–Crippen LogP) is 0.963. The number of ether oxygens (including phenoxy) is 1. The van der Waals surface area contributed by atoms with Gasteiger partial charge in [-0.1, -0.05) is 6.07 Å². The Kier molecular flexibility index (Phi) is 2.37. The first-order chi connectivity index (χ1) is 7.15. The molecule has 0 aromatic heterocycles. The molecule has 0 saturated heterocycles. The zero-order valence-electron chi connectivity index (χ0n) is 7.93. The summed E-state index contributed by atoms with van der Waals surface area (Å²) in [5, 5.41) is 20.1. The topological polar surface area (TPSA) is 78.8 Å². The number of rotatable bonds is 1. The highest BCUT2D eigenvalue weighted by atomic mass is 16.5. The first-order valence-electron chi connectivity index (χ1n) is 4.59. The zero-order valence-corrected chi connectivity index (χ0v) is 7.93. The van der Waals surface area contributed by atoms with E-state index < -0.39 is 6.09 Å². The third-order valence-electron chi connectivity index (χ3n) is 2.28. The molecule has 1 heterocycles. The van der Waals surface area contributed by atoms with Crippen molar-refractivity contribution < 1.29 is 19.7 Å². The van der Waals surface area contributed by atoms with E-state index in [1.807, 2.05) is 0 Å². The second-order valence-corrected chi connectivity index (χ2v) is 3.45. The summed E-state index contributed by atoms with van der Waals surface area (Å²) in [4.78, 5) is 10.4. The van der Waals surface area contributed by atoms with Gasteiger partial charge in [0.25, 0.3) is 0 Å². The van der Waals surface area contributed by atoms with Crippen LogP contribution in [-0.4, -0.2) is 29.0 Å². The molecule has 0 fully saturated rings. The third-order valence-corrected chi connectivity index (χ3v) is 2.28. The minimum absolute atomic E-state index is 0.151. The minimum Gasteiger partial charge on any atom is -0.508 e. The Labute approximate surface area is 86.3 Å². The van der Waals surface area contributed by atoms with Crippen molar-refractivity contribution in [2.24, 2.45) is 0 Å². The van der Waals surface area contributed by atoms with Gasteiger partial charge in [0.1, 0.15) is 18.1 Å². The van der Waals surface area contributed by atoms with Crippen LogP contribution in [0, 0.1) is 0 Å². The van der Waals surface area contributed by atoms with Crippen LogP contribution in [0.15, 0.2) is 18.2 Å². The Morgan fingerprint density at radius 1 is 1.53 bits per heavy atom. The van der Waals surface area contributed by atoms with Crippen molar-refractivity contribution in [1.82, 2.24) is 5.32 Å². The van der Waals surface area contributed by atoms with Crippen LogP contribution in [0.5, 0.6) is 11.5 Å². The maximum atomic E-state index is 10.4. The summed E-state index contributed by atoms with van der Waals surface area (Å²) in [6, 6.07) is 4.61. The highest BCUT2D eigenvalue weighted by Crippen LogP contribution is 2.28. The average molecular weight is 209 g/mol. The number of nitrogens with one attached hydrogen (secondary N) is 1. The largest absolute Gasteiger partial charge is 0.508 e. The first-order valence-corrected chi connectivity index (χ1v) is 4.59. The van der Waals surface area contributed by atoms with E-state index in [-0.39, 0.29) is 11.8 Å². The normalized spacial score (nSPS) is 18.8. The van der Waals surface area contributed by atoms with Crippen molar-refractivity contribution in [3.63, 3.8) is 0 Å². The summed E-state index contributed by atoms with van der Waals surface area (Å²) in [6.07, 6.45) is -0.465. The van der Waals surface area contributed by atoms with Gasteiger partial charge >= 0.3 is 6.09 Å². The lowest BCUT2D eigenvalue weighted by Gasteiger charge is -2.25. The van der Waals surface area contributed by atoms with Crippen molar-refractivity contribution in [3.05, 3.63) is 23.8 Å². The molecular weight excluding hydrogens is 198 g/mol. The molecule has 1 aromatic rings. The molecule has 80 valence electrons. The van der Waals surface area contributed by atoms with Gasteiger partial charge in [-0.25, -0.2) is 4.79 Å². The van der Waals surface area contributed by atoms with E-state index >= 15 is 0 Å².